The van der Waals surface area contributed by atoms with Crippen molar-refractivity contribution in [2.24, 2.45) is 0 Å². The molecule has 1 amide bonds. The first kappa shape index (κ1) is 17.2. The highest BCUT2D eigenvalue weighted by molar-refractivity contribution is 9.10. The van der Waals surface area contributed by atoms with Crippen molar-refractivity contribution in [3.63, 3.8) is 0 Å². The van der Waals surface area contributed by atoms with Crippen molar-refractivity contribution in [3.05, 3.63) is 76.8 Å². The molecule has 1 heterocycles. The first-order valence-electron chi connectivity index (χ1n) is 7.55. The lowest BCUT2D eigenvalue weighted by Crippen LogP contribution is -2.28. The van der Waals surface area contributed by atoms with E-state index in [0.29, 0.717) is 16.8 Å². The second-order valence-electron chi connectivity index (χ2n) is 5.26. The summed E-state index contributed by atoms with van der Waals surface area (Å²) in [4.78, 5) is 11.9. The van der Waals surface area contributed by atoms with Gasteiger partial charge in [0.1, 0.15) is 11.6 Å². The van der Waals surface area contributed by atoms with Crippen LogP contribution in [0, 0.1) is 5.82 Å². The summed E-state index contributed by atoms with van der Waals surface area (Å²) < 4.78 is 20.6. The fourth-order valence-electron chi connectivity index (χ4n) is 2.18. The fourth-order valence-corrected chi connectivity index (χ4v) is 2.64. The molecule has 2 aromatic carbocycles. The van der Waals surface area contributed by atoms with Crippen molar-refractivity contribution >= 4 is 21.8 Å². The third kappa shape index (κ3) is 4.67. The van der Waals surface area contributed by atoms with Crippen LogP contribution in [0.5, 0.6) is 5.75 Å². The average molecular weight is 404 g/mol. The zero-order valence-electron chi connectivity index (χ0n) is 13.2. The Morgan fingerprint density at radius 2 is 2.04 bits per heavy atom. The number of aromatic nitrogens is 2. The summed E-state index contributed by atoms with van der Waals surface area (Å²) in [5.41, 5.74) is 1.91. The molecule has 0 aliphatic carbocycles. The van der Waals surface area contributed by atoms with E-state index in [4.69, 9.17) is 4.74 Å². The first-order chi connectivity index (χ1) is 12.1. The fraction of sp³-hybridized carbons (Fsp3) is 0.111. The summed E-state index contributed by atoms with van der Waals surface area (Å²) in [6, 6.07) is 13.6. The predicted octanol–water partition coefficient (Wildman–Crippen LogP) is 3.47. The Balaban J connectivity index is 1.49. The Morgan fingerprint density at radius 3 is 2.72 bits per heavy atom. The Hall–Kier alpha value is -2.67. The molecule has 0 fully saturated rings. The number of nitrogens with zero attached hydrogens (tertiary/aromatic N) is 2. The Kier molecular flexibility index (Phi) is 5.45. The van der Waals surface area contributed by atoms with E-state index < -0.39 is 0 Å². The van der Waals surface area contributed by atoms with Gasteiger partial charge in [0.15, 0.2) is 6.61 Å². The lowest BCUT2D eigenvalue weighted by molar-refractivity contribution is -0.123. The van der Waals surface area contributed by atoms with Gasteiger partial charge in [-0.3, -0.25) is 4.79 Å². The van der Waals surface area contributed by atoms with Gasteiger partial charge in [0.05, 0.1) is 10.2 Å². The SMILES string of the molecule is O=C(COc1ccc(F)cc1Br)NCc1ccc(-n2cccn2)cc1. The summed E-state index contributed by atoms with van der Waals surface area (Å²) in [5, 5.41) is 6.94. The van der Waals surface area contributed by atoms with Crippen LogP contribution in [0.3, 0.4) is 0 Å². The maximum Gasteiger partial charge on any atom is 0.258 e. The number of carbonyl (C=O) groups is 1. The van der Waals surface area contributed by atoms with Gasteiger partial charge in [0.25, 0.3) is 5.91 Å². The van der Waals surface area contributed by atoms with Crippen LogP contribution in [0.4, 0.5) is 4.39 Å². The van der Waals surface area contributed by atoms with E-state index in [0.717, 1.165) is 11.3 Å². The zero-order valence-corrected chi connectivity index (χ0v) is 14.7. The van der Waals surface area contributed by atoms with Gasteiger partial charge in [-0.2, -0.15) is 5.10 Å². The van der Waals surface area contributed by atoms with E-state index in [9.17, 15) is 9.18 Å². The summed E-state index contributed by atoms with van der Waals surface area (Å²) in [6.07, 6.45) is 3.58. The van der Waals surface area contributed by atoms with Gasteiger partial charge in [0.2, 0.25) is 0 Å². The predicted molar refractivity (Wildman–Crippen MR) is 95.0 cm³/mol. The molecule has 0 saturated carbocycles. The van der Waals surface area contributed by atoms with Gasteiger partial charge in [-0.25, -0.2) is 9.07 Å². The molecule has 0 spiro atoms. The molecule has 0 saturated heterocycles. The topological polar surface area (TPSA) is 56.1 Å². The number of nitrogens with one attached hydrogen (secondary N) is 1. The average Bonchev–Trinajstić information content (AvgIpc) is 3.14. The molecule has 0 aliphatic heterocycles. The van der Waals surface area contributed by atoms with Crippen molar-refractivity contribution in [2.45, 2.75) is 6.54 Å². The molecule has 0 radical (unpaired) electrons. The van der Waals surface area contributed by atoms with E-state index in [1.165, 1.54) is 18.2 Å². The van der Waals surface area contributed by atoms with E-state index in [-0.39, 0.29) is 18.3 Å². The molecule has 1 aromatic heterocycles. The number of amides is 1. The number of halogens is 2. The van der Waals surface area contributed by atoms with Crippen LogP contribution in [0.15, 0.2) is 65.4 Å². The molecular formula is C18H15BrFN3O2. The second-order valence-corrected chi connectivity index (χ2v) is 6.11. The first-order valence-corrected chi connectivity index (χ1v) is 8.34. The van der Waals surface area contributed by atoms with Crippen molar-refractivity contribution in [3.8, 4) is 11.4 Å². The Labute approximate surface area is 152 Å². The van der Waals surface area contributed by atoms with Crippen molar-refractivity contribution < 1.29 is 13.9 Å². The van der Waals surface area contributed by atoms with Gasteiger partial charge < -0.3 is 10.1 Å². The maximum absolute atomic E-state index is 13.0. The van der Waals surface area contributed by atoms with Crippen molar-refractivity contribution in [2.75, 3.05) is 6.61 Å². The monoisotopic (exact) mass is 403 g/mol. The highest BCUT2D eigenvalue weighted by Crippen LogP contribution is 2.25. The minimum Gasteiger partial charge on any atom is -0.483 e. The third-order valence-corrected chi connectivity index (χ3v) is 4.07. The largest absolute Gasteiger partial charge is 0.483 e. The number of carbonyl (C=O) groups excluding carboxylic acids is 1. The van der Waals surface area contributed by atoms with Gasteiger partial charge in [-0.15, -0.1) is 0 Å². The molecule has 1 N–H and O–H groups in total. The van der Waals surface area contributed by atoms with Gasteiger partial charge in [-0.1, -0.05) is 12.1 Å². The van der Waals surface area contributed by atoms with Crippen LogP contribution in [-0.4, -0.2) is 22.3 Å². The smallest absolute Gasteiger partial charge is 0.258 e. The molecule has 7 heteroatoms. The van der Waals surface area contributed by atoms with Crippen LogP contribution >= 0.6 is 15.9 Å². The lowest BCUT2D eigenvalue weighted by atomic mass is 10.2. The number of benzene rings is 2. The minimum absolute atomic E-state index is 0.143. The highest BCUT2D eigenvalue weighted by Gasteiger charge is 2.07. The number of hydrogen-bond acceptors (Lipinski definition) is 3. The van der Waals surface area contributed by atoms with Crippen LogP contribution in [0.2, 0.25) is 0 Å². The molecule has 0 unspecified atom stereocenters. The summed E-state index contributed by atoms with van der Waals surface area (Å²) >= 11 is 3.19. The summed E-state index contributed by atoms with van der Waals surface area (Å²) in [5.74, 6) is -0.213. The molecular weight excluding hydrogens is 389 g/mol. The summed E-state index contributed by atoms with van der Waals surface area (Å²) in [7, 11) is 0. The van der Waals surface area contributed by atoms with Crippen LogP contribution in [0.25, 0.3) is 5.69 Å². The summed E-state index contributed by atoms with van der Waals surface area (Å²) in [6.45, 7) is 0.252. The van der Waals surface area contributed by atoms with E-state index in [2.05, 4.69) is 26.3 Å². The molecule has 0 aliphatic rings. The molecule has 0 atom stereocenters. The third-order valence-electron chi connectivity index (χ3n) is 3.45. The molecule has 3 aromatic rings. The Bertz CT molecular complexity index is 851. The molecule has 5 nitrogen and oxygen atoms in total. The number of hydrogen-bond donors (Lipinski definition) is 1. The van der Waals surface area contributed by atoms with E-state index in [1.54, 1.807) is 10.9 Å². The van der Waals surface area contributed by atoms with Crippen molar-refractivity contribution in [1.29, 1.82) is 0 Å². The molecule has 0 bridgehead atoms. The second kappa shape index (κ2) is 7.94. The lowest BCUT2D eigenvalue weighted by Gasteiger charge is -2.09. The maximum atomic E-state index is 13.0. The van der Waals surface area contributed by atoms with Crippen LogP contribution in [0.1, 0.15) is 5.56 Å². The molecule has 128 valence electrons. The number of ether oxygens (including phenoxy) is 1. The Morgan fingerprint density at radius 1 is 1.24 bits per heavy atom. The van der Waals surface area contributed by atoms with Crippen LogP contribution < -0.4 is 10.1 Å². The van der Waals surface area contributed by atoms with Gasteiger partial charge >= 0.3 is 0 Å². The zero-order chi connectivity index (χ0) is 17.6. The van der Waals surface area contributed by atoms with Crippen LogP contribution in [-0.2, 0) is 11.3 Å². The normalized spacial score (nSPS) is 10.5. The quantitative estimate of drug-likeness (QED) is 0.685. The van der Waals surface area contributed by atoms with E-state index in [1.807, 2.05) is 36.5 Å². The highest BCUT2D eigenvalue weighted by atomic mass is 79.9. The number of rotatable bonds is 6. The van der Waals surface area contributed by atoms with Crippen molar-refractivity contribution in [1.82, 2.24) is 15.1 Å². The van der Waals surface area contributed by atoms with Gasteiger partial charge in [0, 0.05) is 18.9 Å². The standard InChI is InChI=1S/C18H15BrFN3O2/c19-16-10-14(20)4-7-17(16)25-12-18(24)21-11-13-2-5-15(6-3-13)23-9-1-8-22-23/h1-10H,11-12H2,(H,21,24). The minimum atomic E-state index is -0.373. The van der Waals surface area contributed by atoms with E-state index >= 15 is 0 Å². The van der Waals surface area contributed by atoms with Gasteiger partial charge in [-0.05, 0) is 57.9 Å². The molecule has 25 heavy (non-hydrogen) atoms. The molecule has 3 rings (SSSR count).